The fourth-order valence-corrected chi connectivity index (χ4v) is 5.36. The van der Waals surface area contributed by atoms with Crippen molar-refractivity contribution < 1.29 is 17.9 Å². The molecule has 1 amide bonds. The number of nitrogens with zero attached hydrogens (tertiary/aromatic N) is 3. The Morgan fingerprint density at radius 3 is 2.60 bits per heavy atom. The number of sulfonamides is 1. The minimum Gasteiger partial charge on any atom is -0.379 e. The van der Waals surface area contributed by atoms with Crippen molar-refractivity contribution in [2.45, 2.75) is 32.2 Å². The van der Waals surface area contributed by atoms with Crippen molar-refractivity contribution in [2.75, 3.05) is 38.6 Å². The van der Waals surface area contributed by atoms with Crippen LogP contribution in [0.4, 0.5) is 0 Å². The van der Waals surface area contributed by atoms with Crippen molar-refractivity contribution in [2.24, 2.45) is 0 Å². The zero-order valence-corrected chi connectivity index (χ0v) is 17.9. The molecule has 0 saturated carbocycles. The van der Waals surface area contributed by atoms with E-state index in [2.05, 4.69) is 14.9 Å². The number of aromatic nitrogens is 2. The van der Waals surface area contributed by atoms with E-state index in [-0.39, 0.29) is 18.2 Å². The first-order valence-corrected chi connectivity index (χ1v) is 12.2. The van der Waals surface area contributed by atoms with Gasteiger partial charge in [0.15, 0.2) is 0 Å². The zero-order valence-electron chi connectivity index (χ0n) is 17.0. The van der Waals surface area contributed by atoms with E-state index in [9.17, 15) is 13.2 Å². The number of nitrogens with one attached hydrogen (secondary N) is 1. The highest BCUT2D eigenvalue weighted by Crippen LogP contribution is 2.27. The molecule has 1 aromatic heterocycles. The van der Waals surface area contributed by atoms with Crippen molar-refractivity contribution in [3.05, 3.63) is 41.7 Å². The van der Waals surface area contributed by atoms with E-state index in [4.69, 9.17) is 4.74 Å². The van der Waals surface area contributed by atoms with Crippen molar-refractivity contribution in [1.29, 1.82) is 0 Å². The Labute approximate surface area is 177 Å². The van der Waals surface area contributed by atoms with Crippen molar-refractivity contribution in [3.8, 4) is 11.4 Å². The minimum atomic E-state index is -3.41. The maximum Gasteiger partial charge on any atom is 0.271 e. The highest BCUT2D eigenvalue weighted by atomic mass is 32.2. The molecule has 0 unspecified atom stereocenters. The first-order chi connectivity index (χ1) is 14.6. The molecule has 0 bridgehead atoms. The van der Waals surface area contributed by atoms with Gasteiger partial charge in [-0.1, -0.05) is 36.8 Å². The topological polar surface area (TPSA) is 93.5 Å². The van der Waals surface area contributed by atoms with E-state index in [1.165, 1.54) is 4.31 Å². The van der Waals surface area contributed by atoms with Crippen LogP contribution in [0.25, 0.3) is 11.4 Å². The molecular formula is C21H28N4O4S. The predicted octanol–water partition coefficient (Wildman–Crippen LogP) is 1.67. The molecule has 1 fully saturated rings. The van der Waals surface area contributed by atoms with E-state index >= 15 is 0 Å². The molecule has 2 aliphatic rings. The Bertz CT molecular complexity index is 982. The smallest absolute Gasteiger partial charge is 0.271 e. The molecule has 3 heterocycles. The van der Waals surface area contributed by atoms with Crippen LogP contribution in [0.15, 0.2) is 30.3 Å². The summed E-state index contributed by atoms with van der Waals surface area (Å²) in [5, 5.41) is 2.78. The number of ether oxygens (including phenoxy) is 1. The molecule has 162 valence electrons. The van der Waals surface area contributed by atoms with Crippen LogP contribution >= 0.6 is 0 Å². The number of morpholine rings is 1. The minimum absolute atomic E-state index is 0.0610. The molecule has 1 N–H and O–H groups in total. The monoisotopic (exact) mass is 432 g/mol. The summed E-state index contributed by atoms with van der Waals surface area (Å²) in [6, 6.07) is 9.88. The summed E-state index contributed by atoms with van der Waals surface area (Å²) < 4.78 is 33.7. The second kappa shape index (κ2) is 9.28. The SMILES string of the molecule is O=C(NCCS(=O)(=O)N1CCOCC1)c1nc(-c2ccccc2)n2c1CCCCC2. The fourth-order valence-electron chi connectivity index (χ4n) is 4.04. The van der Waals surface area contributed by atoms with E-state index in [0.29, 0.717) is 32.0 Å². The summed E-state index contributed by atoms with van der Waals surface area (Å²) in [5.41, 5.74) is 2.34. The van der Waals surface area contributed by atoms with Crippen molar-refractivity contribution >= 4 is 15.9 Å². The third-order valence-corrected chi connectivity index (χ3v) is 7.50. The average Bonchev–Trinajstić information content (AvgIpc) is 2.96. The summed E-state index contributed by atoms with van der Waals surface area (Å²) >= 11 is 0. The number of imidazole rings is 1. The van der Waals surface area contributed by atoms with Crippen LogP contribution in [0.1, 0.15) is 35.4 Å². The molecule has 4 rings (SSSR count). The van der Waals surface area contributed by atoms with Gasteiger partial charge in [-0.25, -0.2) is 13.4 Å². The quantitative estimate of drug-likeness (QED) is 0.749. The highest BCUT2D eigenvalue weighted by Gasteiger charge is 2.26. The van der Waals surface area contributed by atoms with Crippen molar-refractivity contribution in [1.82, 2.24) is 19.2 Å². The lowest BCUT2D eigenvalue weighted by Crippen LogP contribution is -2.43. The molecule has 0 atom stereocenters. The maximum absolute atomic E-state index is 12.9. The number of carbonyl (C=O) groups excluding carboxylic acids is 1. The number of fused-ring (bicyclic) bond motifs is 1. The molecule has 8 nitrogen and oxygen atoms in total. The van der Waals surface area contributed by atoms with Crippen LogP contribution in [0.2, 0.25) is 0 Å². The zero-order chi connectivity index (χ0) is 21.0. The van der Waals surface area contributed by atoms with Gasteiger partial charge in [0.2, 0.25) is 10.0 Å². The number of rotatable bonds is 6. The van der Waals surface area contributed by atoms with Crippen LogP contribution < -0.4 is 5.32 Å². The average molecular weight is 433 g/mol. The first-order valence-electron chi connectivity index (χ1n) is 10.5. The van der Waals surface area contributed by atoms with Crippen LogP contribution in [-0.4, -0.2) is 66.8 Å². The lowest BCUT2D eigenvalue weighted by atomic mass is 10.1. The maximum atomic E-state index is 12.9. The van der Waals surface area contributed by atoms with Gasteiger partial charge in [-0.15, -0.1) is 0 Å². The van der Waals surface area contributed by atoms with Gasteiger partial charge >= 0.3 is 0 Å². The largest absolute Gasteiger partial charge is 0.379 e. The molecule has 0 radical (unpaired) electrons. The molecule has 1 saturated heterocycles. The molecule has 0 aliphatic carbocycles. The normalized spacial score (nSPS) is 17.9. The first kappa shape index (κ1) is 21.0. The lowest BCUT2D eigenvalue weighted by Gasteiger charge is -2.26. The van der Waals surface area contributed by atoms with Crippen molar-refractivity contribution in [3.63, 3.8) is 0 Å². The summed E-state index contributed by atoms with van der Waals surface area (Å²) in [4.78, 5) is 17.6. The third-order valence-electron chi connectivity index (χ3n) is 5.62. The number of hydrogen-bond acceptors (Lipinski definition) is 5. The van der Waals surface area contributed by atoms with Crippen LogP contribution in [0.5, 0.6) is 0 Å². The Hall–Kier alpha value is -2.23. The number of carbonyl (C=O) groups is 1. The number of benzene rings is 1. The number of hydrogen-bond donors (Lipinski definition) is 1. The summed E-state index contributed by atoms with van der Waals surface area (Å²) in [6.07, 6.45) is 4.00. The van der Waals surface area contributed by atoms with Gasteiger partial charge < -0.3 is 14.6 Å². The van der Waals surface area contributed by atoms with Crippen LogP contribution in [0, 0.1) is 0 Å². The Kier molecular flexibility index (Phi) is 6.50. The molecule has 2 aromatic rings. The summed E-state index contributed by atoms with van der Waals surface area (Å²) in [5.74, 6) is 0.374. The van der Waals surface area contributed by atoms with Gasteiger partial charge in [0.05, 0.1) is 24.7 Å². The van der Waals surface area contributed by atoms with E-state index in [0.717, 1.165) is 49.3 Å². The van der Waals surface area contributed by atoms with E-state index < -0.39 is 10.0 Å². The molecule has 0 spiro atoms. The standard InChI is InChI=1S/C21H28N4O4S/c26-21(22-10-16-30(27,28)24-12-14-29-15-13-24)19-18-9-5-2-6-11-25(18)20(23-19)17-7-3-1-4-8-17/h1,3-4,7-8H,2,5-6,9-16H2,(H,22,26). The summed E-state index contributed by atoms with van der Waals surface area (Å²) in [7, 11) is -3.41. The Morgan fingerprint density at radius 1 is 1.07 bits per heavy atom. The Morgan fingerprint density at radius 2 is 1.83 bits per heavy atom. The van der Waals surface area contributed by atoms with Gasteiger partial charge in [-0.3, -0.25) is 4.79 Å². The highest BCUT2D eigenvalue weighted by molar-refractivity contribution is 7.89. The lowest BCUT2D eigenvalue weighted by molar-refractivity contribution is 0.0730. The van der Waals surface area contributed by atoms with Gasteiger partial charge in [0, 0.05) is 31.7 Å². The number of amides is 1. The van der Waals surface area contributed by atoms with Gasteiger partial charge in [-0.05, 0) is 19.3 Å². The predicted molar refractivity (Wildman–Crippen MR) is 114 cm³/mol. The van der Waals surface area contributed by atoms with Crippen LogP contribution in [0.3, 0.4) is 0 Å². The van der Waals surface area contributed by atoms with Crippen LogP contribution in [-0.2, 0) is 27.7 Å². The Balaban J connectivity index is 1.49. The molecule has 2 aliphatic heterocycles. The third kappa shape index (κ3) is 4.58. The molecular weight excluding hydrogens is 404 g/mol. The molecule has 9 heteroatoms. The van der Waals surface area contributed by atoms with Gasteiger partial charge in [-0.2, -0.15) is 4.31 Å². The molecule has 1 aromatic carbocycles. The van der Waals surface area contributed by atoms with Gasteiger partial charge in [0.1, 0.15) is 11.5 Å². The second-order valence-corrected chi connectivity index (χ2v) is 9.73. The second-order valence-electron chi connectivity index (χ2n) is 7.64. The fraction of sp³-hybridized carbons (Fsp3) is 0.524. The van der Waals surface area contributed by atoms with E-state index in [1.807, 2.05) is 30.3 Å². The van der Waals surface area contributed by atoms with E-state index in [1.54, 1.807) is 0 Å². The molecule has 30 heavy (non-hydrogen) atoms. The summed E-state index contributed by atoms with van der Waals surface area (Å²) in [6.45, 7) is 2.45. The van der Waals surface area contributed by atoms with Gasteiger partial charge in [0.25, 0.3) is 5.91 Å².